The van der Waals surface area contributed by atoms with E-state index in [1.165, 1.54) is 199 Å². The molecule has 4 nitrogen and oxygen atoms in total. The molecule has 0 saturated carbocycles. The van der Waals surface area contributed by atoms with Gasteiger partial charge in [-0.15, -0.1) is 0 Å². The van der Waals surface area contributed by atoms with E-state index in [9.17, 15) is 15.0 Å². The van der Waals surface area contributed by atoms with E-state index in [1.807, 2.05) is 0 Å². The zero-order valence-corrected chi connectivity index (χ0v) is 46.8. The van der Waals surface area contributed by atoms with Crippen molar-refractivity contribution in [3.05, 3.63) is 85.1 Å². The number of rotatable bonds is 56. The van der Waals surface area contributed by atoms with Gasteiger partial charge in [0, 0.05) is 6.42 Å². The van der Waals surface area contributed by atoms with Crippen molar-refractivity contribution in [2.75, 3.05) is 6.61 Å². The van der Waals surface area contributed by atoms with Gasteiger partial charge in [0.05, 0.1) is 18.8 Å². The molecule has 2 unspecified atom stereocenters. The number of carbonyl (C=O) groups is 1. The van der Waals surface area contributed by atoms with Crippen LogP contribution in [-0.2, 0) is 4.79 Å². The van der Waals surface area contributed by atoms with Gasteiger partial charge in [-0.3, -0.25) is 4.79 Å². The predicted octanol–water partition coefficient (Wildman–Crippen LogP) is 20.7. The second-order valence-corrected chi connectivity index (χ2v) is 20.7. The van der Waals surface area contributed by atoms with Crippen LogP contribution in [0, 0.1) is 0 Å². The van der Waals surface area contributed by atoms with Crippen molar-refractivity contribution in [1.82, 2.24) is 5.32 Å². The van der Waals surface area contributed by atoms with Gasteiger partial charge in [-0.2, -0.15) is 0 Å². The molecule has 0 radical (unpaired) electrons. The van der Waals surface area contributed by atoms with Crippen LogP contribution in [0.2, 0.25) is 0 Å². The number of hydrogen-bond acceptors (Lipinski definition) is 3. The standard InChI is InChI=1S/C66H119NO3/c1-3-5-7-9-11-13-15-17-19-21-23-25-27-29-31-33-35-37-39-41-43-45-47-49-51-53-55-57-59-61-65(69)64(63-68)67-66(70)62-60-58-56-54-52-50-48-46-44-42-40-38-36-34-32-30-28-26-24-22-20-18-16-14-12-10-8-6-4-2/h6,8,12,14,18,20,24,26,30,32,36,38,42,44,64-65,68-69H,3-5,7,9-11,13,15-17,19,21-23,25,27-29,31,33-35,37,39-41,43,45-63H2,1-2H3,(H,67,70)/b8-6-,14-12-,20-18-,26-24-,32-30-,38-36-,44-42-. The number of carbonyl (C=O) groups excluding carboxylic acids is 1. The Bertz CT molecular complexity index is 1240. The van der Waals surface area contributed by atoms with Crippen molar-refractivity contribution in [2.24, 2.45) is 0 Å². The van der Waals surface area contributed by atoms with E-state index in [0.29, 0.717) is 12.8 Å². The molecular weight excluding hydrogens is 855 g/mol. The Hall–Kier alpha value is -2.43. The molecule has 0 aliphatic rings. The smallest absolute Gasteiger partial charge is 0.220 e. The molecule has 406 valence electrons. The summed E-state index contributed by atoms with van der Waals surface area (Å²) in [6, 6.07) is -0.550. The SMILES string of the molecule is CC/C=C\C/C=C\C/C=C\C/C=C\C/C=C\C/C=C\C/C=C\CCCCCCCCCC(=O)NC(CO)C(O)CCCCCCCCCCCCCCCCCCCCCCCCCCCCCCC. The Morgan fingerprint density at radius 2 is 0.629 bits per heavy atom. The summed E-state index contributed by atoms with van der Waals surface area (Å²) in [7, 11) is 0. The molecule has 0 aliphatic heterocycles. The van der Waals surface area contributed by atoms with Crippen LogP contribution in [0.15, 0.2) is 85.1 Å². The lowest BCUT2D eigenvalue weighted by Gasteiger charge is -2.22. The molecule has 0 bridgehead atoms. The summed E-state index contributed by atoms with van der Waals surface area (Å²) in [6.45, 7) is 4.26. The molecule has 0 saturated heterocycles. The highest BCUT2D eigenvalue weighted by molar-refractivity contribution is 5.76. The number of amides is 1. The molecule has 0 aromatic carbocycles. The van der Waals surface area contributed by atoms with E-state index < -0.39 is 12.1 Å². The Morgan fingerprint density at radius 1 is 0.357 bits per heavy atom. The highest BCUT2D eigenvalue weighted by atomic mass is 16.3. The van der Waals surface area contributed by atoms with Crippen molar-refractivity contribution in [1.29, 1.82) is 0 Å². The Labute approximate surface area is 437 Å². The van der Waals surface area contributed by atoms with Crippen molar-refractivity contribution in [3.63, 3.8) is 0 Å². The van der Waals surface area contributed by atoms with Gasteiger partial charge in [-0.05, 0) is 70.6 Å². The zero-order valence-electron chi connectivity index (χ0n) is 46.8. The molecule has 0 fully saturated rings. The van der Waals surface area contributed by atoms with Crippen molar-refractivity contribution < 1.29 is 15.0 Å². The van der Waals surface area contributed by atoms with E-state index in [0.717, 1.165) is 83.5 Å². The second kappa shape index (κ2) is 60.9. The van der Waals surface area contributed by atoms with E-state index in [4.69, 9.17) is 0 Å². The summed E-state index contributed by atoms with van der Waals surface area (Å²) < 4.78 is 0. The molecule has 0 rings (SSSR count). The first-order valence-electron chi connectivity index (χ1n) is 30.8. The van der Waals surface area contributed by atoms with Gasteiger partial charge in [0.2, 0.25) is 5.91 Å². The number of aliphatic hydroxyl groups is 2. The van der Waals surface area contributed by atoms with Crippen LogP contribution in [0.25, 0.3) is 0 Å². The number of nitrogens with one attached hydrogen (secondary N) is 1. The van der Waals surface area contributed by atoms with Gasteiger partial charge in [0.25, 0.3) is 0 Å². The van der Waals surface area contributed by atoms with Gasteiger partial charge < -0.3 is 15.5 Å². The van der Waals surface area contributed by atoms with E-state index in [-0.39, 0.29) is 12.5 Å². The average molecular weight is 975 g/mol. The monoisotopic (exact) mass is 974 g/mol. The molecule has 3 N–H and O–H groups in total. The van der Waals surface area contributed by atoms with E-state index >= 15 is 0 Å². The van der Waals surface area contributed by atoms with Crippen molar-refractivity contribution >= 4 is 5.91 Å². The minimum atomic E-state index is -0.672. The fourth-order valence-corrected chi connectivity index (χ4v) is 9.29. The number of aliphatic hydroxyl groups excluding tert-OH is 2. The fourth-order valence-electron chi connectivity index (χ4n) is 9.29. The van der Waals surface area contributed by atoms with Crippen molar-refractivity contribution in [3.8, 4) is 0 Å². The normalized spacial score (nSPS) is 13.4. The topological polar surface area (TPSA) is 69.6 Å². The van der Waals surface area contributed by atoms with Gasteiger partial charge in [-0.1, -0.05) is 317 Å². The Kier molecular flexibility index (Phi) is 58.8. The molecule has 2 atom stereocenters. The minimum absolute atomic E-state index is 0.0421. The lowest BCUT2D eigenvalue weighted by atomic mass is 10.0. The molecule has 0 heterocycles. The number of unbranched alkanes of at least 4 members (excludes halogenated alkanes) is 35. The van der Waals surface area contributed by atoms with Crippen LogP contribution >= 0.6 is 0 Å². The highest BCUT2D eigenvalue weighted by Gasteiger charge is 2.20. The molecule has 0 spiro atoms. The van der Waals surface area contributed by atoms with Crippen molar-refractivity contribution in [2.45, 2.75) is 321 Å². The van der Waals surface area contributed by atoms with Crippen LogP contribution in [-0.4, -0.2) is 34.9 Å². The first-order chi connectivity index (χ1) is 34.7. The van der Waals surface area contributed by atoms with Gasteiger partial charge >= 0.3 is 0 Å². The summed E-state index contributed by atoms with van der Waals surface area (Å²) in [4.78, 5) is 12.5. The van der Waals surface area contributed by atoms with Gasteiger partial charge in [0.15, 0.2) is 0 Å². The second-order valence-electron chi connectivity index (χ2n) is 20.7. The molecular formula is C66H119NO3. The molecule has 0 aromatic rings. The zero-order chi connectivity index (χ0) is 50.6. The van der Waals surface area contributed by atoms with Crippen LogP contribution in [0.3, 0.4) is 0 Å². The summed E-state index contributed by atoms with van der Waals surface area (Å²) in [6.07, 6.45) is 88.7. The molecule has 70 heavy (non-hydrogen) atoms. The highest BCUT2D eigenvalue weighted by Crippen LogP contribution is 2.18. The lowest BCUT2D eigenvalue weighted by Crippen LogP contribution is -2.45. The summed E-state index contributed by atoms with van der Waals surface area (Å²) >= 11 is 0. The van der Waals surface area contributed by atoms with Crippen LogP contribution < -0.4 is 5.32 Å². The fraction of sp³-hybridized carbons (Fsp3) is 0.773. The van der Waals surface area contributed by atoms with E-state index in [1.54, 1.807) is 0 Å². The maximum Gasteiger partial charge on any atom is 0.220 e. The lowest BCUT2D eigenvalue weighted by molar-refractivity contribution is -0.123. The first-order valence-corrected chi connectivity index (χ1v) is 30.8. The third kappa shape index (κ3) is 56.5. The first kappa shape index (κ1) is 67.6. The summed E-state index contributed by atoms with van der Waals surface area (Å²) in [5, 5.41) is 23.4. The molecule has 1 amide bonds. The van der Waals surface area contributed by atoms with Crippen LogP contribution in [0.1, 0.15) is 309 Å². The molecule has 4 heteroatoms. The minimum Gasteiger partial charge on any atom is -0.394 e. The Balaban J connectivity index is 3.51. The number of allylic oxidation sites excluding steroid dienone is 14. The third-order valence-electron chi connectivity index (χ3n) is 13.9. The summed E-state index contributed by atoms with van der Waals surface area (Å²) in [5.41, 5.74) is 0. The molecule has 0 aliphatic carbocycles. The summed E-state index contributed by atoms with van der Waals surface area (Å²) in [5.74, 6) is -0.0421. The predicted molar refractivity (Wildman–Crippen MR) is 313 cm³/mol. The van der Waals surface area contributed by atoms with Crippen LogP contribution in [0.5, 0.6) is 0 Å². The molecule has 0 aromatic heterocycles. The third-order valence-corrected chi connectivity index (χ3v) is 13.9. The van der Waals surface area contributed by atoms with Crippen LogP contribution in [0.4, 0.5) is 0 Å². The number of hydrogen-bond donors (Lipinski definition) is 3. The van der Waals surface area contributed by atoms with Gasteiger partial charge in [-0.25, -0.2) is 0 Å². The maximum atomic E-state index is 12.5. The average Bonchev–Trinajstić information content (AvgIpc) is 3.36. The van der Waals surface area contributed by atoms with Gasteiger partial charge in [0.1, 0.15) is 0 Å². The maximum absolute atomic E-state index is 12.5. The largest absolute Gasteiger partial charge is 0.394 e. The Morgan fingerprint density at radius 3 is 0.943 bits per heavy atom. The van der Waals surface area contributed by atoms with E-state index in [2.05, 4.69) is 104 Å². The quantitative estimate of drug-likeness (QED) is 0.0420.